The third kappa shape index (κ3) is 3.66. The minimum absolute atomic E-state index is 0.0668. The van der Waals surface area contributed by atoms with Crippen LogP contribution in [0.2, 0.25) is 0 Å². The Bertz CT molecular complexity index is 943. The lowest BCUT2D eigenvalue weighted by molar-refractivity contribution is 0.171. The number of aromatic nitrogens is 2. The number of imidazole rings is 1. The van der Waals surface area contributed by atoms with E-state index in [4.69, 9.17) is 0 Å². The van der Waals surface area contributed by atoms with Crippen LogP contribution < -0.4 is 5.32 Å². The molecule has 27 heavy (non-hydrogen) atoms. The minimum atomic E-state index is -0.0668. The molecule has 0 bridgehead atoms. The second-order valence-electron chi connectivity index (χ2n) is 7.33. The first-order chi connectivity index (χ1) is 13.1. The largest absolute Gasteiger partial charge is 0.336 e. The Hall–Kier alpha value is -2.86. The van der Waals surface area contributed by atoms with Crippen molar-refractivity contribution in [3.8, 4) is 0 Å². The van der Waals surface area contributed by atoms with E-state index in [0.29, 0.717) is 6.54 Å². The van der Waals surface area contributed by atoms with Crippen LogP contribution in [0, 0.1) is 0 Å². The van der Waals surface area contributed by atoms with Crippen LogP contribution in [0.3, 0.4) is 0 Å². The maximum absolute atomic E-state index is 11.9. The second kappa shape index (κ2) is 7.40. The summed E-state index contributed by atoms with van der Waals surface area (Å²) in [5, 5.41) is 5.58. The van der Waals surface area contributed by atoms with Gasteiger partial charge >= 0.3 is 6.03 Å². The highest BCUT2D eigenvalue weighted by Crippen LogP contribution is 2.25. The van der Waals surface area contributed by atoms with Gasteiger partial charge in [-0.2, -0.15) is 0 Å². The monoisotopic (exact) mass is 363 g/mol. The van der Waals surface area contributed by atoms with Gasteiger partial charge in [0.2, 0.25) is 0 Å². The summed E-state index contributed by atoms with van der Waals surface area (Å²) in [4.78, 5) is 20.2. The number of hydrogen-bond acceptors (Lipinski definition) is 3. The summed E-state index contributed by atoms with van der Waals surface area (Å²) in [6.45, 7) is 3.21. The summed E-state index contributed by atoms with van der Waals surface area (Å²) in [5.74, 6) is 0. The highest BCUT2D eigenvalue weighted by molar-refractivity contribution is 5.85. The summed E-state index contributed by atoms with van der Waals surface area (Å²) in [5.41, 5.74) is 2.52. The molecule has 1 aromatic heterocycles. The Morgan fingerprint density at radius 2 is 2.04 bits per heavy atom. The average molecular weight is 363 g/mol. The standard InChI is InChI=1S/C21H25N5O/c1-24(2)21(27)23-11-19-14-25(13-18-10-22-15-26(18)19)12-17-8-5-7-16-6-3-4-9-20(16)17/h3-10,15,19H,11-14H2,1-2H3,(H,23,27)/t19-/m1/s1. The number of carbonyl (C=O) groups excluding carboxylic acids is 1. The molecule has 1 atom stereocenters. The van der Waals surface area contributed by atoms with Crippen molar-refractivity contribution in [1.29, 1.82) is 0 Å². The van der Waals surface area contributed by atoms with Crippen LogP contribution in [0.5, 0.6) is 0 Å². The van der Waals surface area contributed by atoms with Crippen molar-refractivity contribution in [2.24, 2.45) is 0 Å². The summed E-state index contributed by atoms with van der Waals surface area (Å²) in [6.07, 6.45) is 3.80. The highest BCUT2D eigenvalue weighted by atomic mass is 16.2. The lowest BCUT2D eigenvalue weighted by Gasteiger charge is -2.35. The molecule has 1 aliphatic rings. The molecule has 1 N–H and O–H groups in total. The average Bonchev–Trinajstić information content (AvgIpc) is 3.15. The SMILES string of the molecule is CN(C)C(=O)NC[C@@H]1CN(Cc2cccc3ccccc23)Cc2cncn21. The third-order valence-electron chi connectivity index (χ3n) is 5.16. The van der Waals surface area contributed by atoms with Gasteiger partial charge in [-0.25, -0.2) is 9.78 Å². The molecule has 2 heterocycles. The van der Waals surface area contributed by atoms with E-state index in [0.717, 1.165) is 19.6 Å². The summed E-state index contributed by atoms with van der Waals surface area (Å²) < 4.78 is 2.19. The number of hydrogen-bond donors (Lipinski definition) is 1. The van der Waals surface area contributed by atoms with Crippen LogP contribution in [0.1, 0.15) is 17.3 Å². The summed E-state index contributed by atoms with van der Waals surface area (Å²) in [7, 11) is 3.51. The number of fused-ring (bicyclic) bond motifs is 2. The predicted molar refractivity (Wildman–Crippen MR) is 106 cm³/mol. The second-order valence-corrected chi connectivity index (χ2v) is 7.33. The number of rotatable bonds is 4. The van der Waals surface area contributed by atoms with Crippen LogP contribution in [0.25, 0.3) is 10.8 Å². The van der Waals surface area contributed by atoms with Crippen molar-refractivity contribution in [2.45, 2.75) is 19.1 Å². The molecule has 0 spiro atoms. The van der Waals surface area contributed by atoms with Crippen LogP contribution in [0.4, 0.5) is 4.79 Å². The van der Waals surface area contributed by atoms with Crippen molar-refractivity contribution >= 4 is 16.8 Å². The highest BCUT2D eigenvalue weighted by Gasteiger charge is 2.25. The van der Waals surface area contributed by atoms with E-state index in [1.807, 2.05) is 12.5 Å². The fourth-order valence-corrected chi connectivity index (χ4v) is 3.78. The molecule has 2 amide bonds. The van der Waals surface area contributed by atoms with Gasteiger partial charge in [0.05, 0.1) is 18.1 Å². The molecule has 0 saturated heterocycles. The summed E-state index contributed by atoms with van der Waals surface area (Å²) >= 11 is 0. The molecular formula is C21H25N5O. The maximum atomic E-state index is 11.9. The van der Waals surface area contributed by atoms with Crippen LogP contribution in [-0.2, 0) is 13.1 Å². The quantitative estimate of drug-likeness (QED) is 0.775. The number of nitrogens with zero attached hydrogens (tertiary/aromatic N) is 4. The topological polar surface area (TPSA) is 53.4 Å². The first-order valence-electron chi connectivity index (χ1n) is 9.26. The van der Waals surface area contributed by atoms with Gasteiger partial charge in [0.15, 0.2) is 0 Å². The molecule has 6 heteroatoms. The van der Waals surface area contributed by atoms with E-state index >= 15 is 0 Å². The number of urea groups is 1. The van der Waals surface area contributed by atoms with Gasteiger partial charge < -0.3 is 14.8 Å². The van der Waals surface area contributed by atoms with Crippen LogP contribution >= 0.6 is 0 Å². The number of benzene rings is 2. The van der Waals surface area contributed by atoms with Gasteiger partial charge in [0, 0.05) is 46.5 Å². The number of amides is 2. The molecule has 2 aromatic carbocycles. The zero-order chi connectivity index (χ0) is 18.8. The van der Waals surface area contributed by atoms with Crippen LogP contribution in [-0.4, -0.2) is 52.6 Å². The number of carbonyl (C=O) groups is 1. The van der Waals surface area contributed by atoms with Gasteiger partial charge in [-0.1, -0.05) is 42.5 Å². The fourth-order valence-electron chi connectivity index (χ4n) is 3.78. The molecule has 0 aliphatic carbocycles. The molecule has 140 valence electrons. The van der Waals surface area contributed by atoms with Gasteiger partial charge in [0.25, 0.3) is 0 Å². The van der Waals surface area contributed by atoms with Crippen molar-refractivity contribution < 1.29 is 4.79 Å². The Morgan fingerprint density at radius 1 is 1.22 bits per heavy atom. The molecule has 4 rings (SSSR count). The molecule has 0 unspecified atom stereocenters. The van der Waals surface area contributed by atoms with Crippen LogP contribution in [0.15, 0.2) is 55.0 Å². The van der Waals surface area contributed by atoms with Crippen molar-refractivity contribution in [1.82, 2.24) is 24.7 Å². The molecule has 3 aromatic rings. The minimum Gasteiger partial charge on any atom is -0.336 e. The molecule has 0 radical (unpaired) electrons. The zero-order valence-electron chi connectivity index (χ0n) is 15.8. The molecule has 1 aliphatic heterocycles. The lowest BCUT2D eigenvalue weighted by atomic mass is 10.0. The van der Waals surface area contributed by atoms with Gasteiger partial charge in [-0.15, -0.1) is 0 Å². The smallest absolute Gasteiger partial charge is 0.316 e. The van der Waals surface area contributed by atoms with Gasteiger partial charge in [0.1, 0.15) is 0 Å². The van der Waals surface area contributed by atoms with Gasteiger partial charge in [-0.3, -0.25) is 4.90 Å². The first-order valence-corrected chi connectivity index (χ1v) is 9.26. The Morgan fingerprint density at radius 3 is 2.89 bits per heavy atom. The predicted octanol–water partition coefficient (Wildman–Crippen LogP) is 2.86. The molecule has 0 fully saturated rings. The van der Waals surface area contributed by atoms with Gasteiger partial charge in [-0.05, 0) is 16.3 Å². The zero-order valence-corrected chi connectivity index (χ0v) is 15.8. The fraction of sp³-hybridized carbons (Fsp3) is 0.333. The molecule has 6 nitrogen and oxygen atoms in total. The normalized spacial score (nSPS) is 16.9. The molecular weight excluding hydrogens is 338 g/mol. The number of nitrogens with one attached hydrogen (secondary N) is 1. The van der Waals surface area contributed by atoms with Crippen molar-refractivity contribution in [3.63, 3.8) is 0 Å². The molecule has 0 saturated carbocycles. The maximum Gasteiger partial charge on any atom is 0.316 e. The summed E-state index contributed by atoms with van der Waals surface area (Å²) in [6, 6.07) is 15.1. The van der Waals surface area contributed by atoms with E-state index in [9.17, 15) is 4.79 Å². The Kier molecular flexibility index (Phi) is 4.81. The van der Waals surface area contributed by atoms with E-state index in [1.165, 1.54) is 22.0 Å². The third-order valence-corrected chi connectivity index (χ3v) is 5.16. The van der Waals surface area contributed by atoms with E-state index in [-0.39, 0.29) is 12.1 Å². The Balaban J connectivity index is 1.53. The Labute approximate surface area is 159 Å². The first kappa shape index (κ1) is 17.5. The van der Waals surface area contributed by atoms with E-state index in [2.05, 4.69) is 62.2 Å². The van der Waals surface area contributed by atoms with E-state index in [1.54, 1.807) is 19.0 Å². The van der Waals surface area contributed by atoms with E-state index < -0.39 is 0 Å². The van der Waals surface area contributed by atoms with Crippen molar-refractivity contribution in [2.75, 3.05) is 27.2 Å². The lowest BCUT2D eigenvalue weighted by Crippen LogP contribution is -2.44. The van der Waals surface area contributed by atoms with Crippen molar-refractivity contribution in [3.05, 3.63) is 66.2 Å².